The SMILES string of the molecule is Cc1cc(/N=N\c2ccc(OCCCCO)cc2)ccc1OCCCCO. The molecule has 2 aromatic carbocycles. The number of azo groups is 1. The van der Waals surface area contributed by atoms with Crippen molar-refractivity contribution in [3.05, 3.63) is 48.0 Å². The summed E-state index contributed by atoms with van der Waals surface area (Å²) in [5.41, 5.74) is 2.52. The Bertz CT molecular complexity index is 702. The number of unbranched alkanes of at least 4 members (excludes halogenated alkanes) is 2. The van der Waals surface area contributed by atoms with Gasteiger partial charge in [0.15, 0.2) is 0 Å². The molecule has 0 aromatic heterocycles. The molecule has 0 unspecified atom stereocenters. The standard InChI is InChI=1S/C21H28N2O4/c1-17-16-19(8-11-21(17)27-15-5-3-13-25)23-22-18-6-9-20(10-7-18)26-14-4-2-12-24/h6-11,16,24-25H,2-5,12-15H2,1H3/b23-22-. The first-order valence-electron chi connectivity index (χ1n) is 9.32. The fourth-order valence-corrected chi connectivity index (χ4v) is 2.38. The van der Waals surface area contributed by atoms with Crippen LogP contribution in [-0.2, 0) is 0 Å². The van der Waals surface area contributed by atoms with E-state index < -0.39 is 0 Å². The van der Waals surface area contributed by atoms with Gasteiger partial charge in [0.25, 0.3) is 0 Å². The van der Waals surface area contributed by atoms with Crippen LogP contribution in [0.1, 0.15) is 31.2 Å². The van der Waals surface area contributed by atoms with E-state index in [-0.39, 0.29) is 13.2 Å². The molecular weight excluding hydrogens is 344 g/mol. The van der Waals surface area contributed by atoms with Gasteiger partial charge in [0, 0.05) is 13.2 Å². The van der Waals surface area contributed by atoms with E-state index in [0.29, 0.717) is 13.2 Å². The Hall–Kier alpha value is -2.44. The Balaban J connectivity index is 1.86. The van der Waals surface area contributed by atoms with Gasteiger partial charge in [-0.1, -0.05) is 0 Å². The Morgan fingerprint density at radius 3 is 1.96 bits per heavy atom. The van der Waals surface area contributed by atoms with Crippen LogP contribution in [0.2, 0.25) is 0 Å². The van der Waals surface area contributed by atoms with Gasteiger partial charge in [-0.3, -0.25) is 0 Å². The number of ether oxygens (including phenoxy) is 2. The van der Waals surface area contributed by atoms with Crippen molar-refractivity contribution in [3.8, 4) is 11.5 Å². The highest BCUT2D eigenvalue weighted by atomic mass is 16.5. The molecule has 6 heteroatoms. The molecule has 2 N–H and O–H groups in total. The molecule has 0 aliphatic carbocycles. The van der Waals surface area contributed by atoms with Crippen molar-refractivity contribution in [2.24, 2.45) is 10.2 Å². The van der Waals surface area contributed by atoms with E-state index in [9.17, 15) is 0 Å². The van der Waals surface area contributed by atoms with Gasteiger partial charge in [0.1, 0.15) is 11.5 Å². The van der Waals surface area contributed by atoms with E-state index in [0.717, 1.165) is 54.1 Å². The molecule has 2 aromatic rings. The highest BCUT2D eigenvalue weighted by molar-refractivity contribution is 5.47. The number of aryl methyl sites for hydroxylation is 1. The zero-order chi connectivity index (χ0) is 19.3. The second-order valence-corrected chi connectivity index (χ2v) is 6.20. The molecule has 146 valence electrons. The molecule has 0 aliphatic heterocycles. The van der Waals surface area contributed by atoms with E-state index >= 15 is 0 Å². The minimum Gasteiger partial charge on any atom is -0.494 e. The minimum atomic E-state index is 0.193. The maximum atomic E-state index is 8.79. The molecule has 0 radical (unpaired) electrons. The highest BCUT2D eigenvalue weighted by Gasteiger charge is 2.01. The number of aliphatic hydroxyl groups excluding tert-OH is 2. The van der Waals surface area contributed by atoms with Gasteiger partial charge in [0.05, 0.1) is 24.6 Å². The van der Waals surface area contributed by atoms with Crippen molar-refractivity contribution in [2.45, 2.75) is 32.6 Å². The molecular formula is C21H28N2O4. The first kappa shape index (κ1) is 20.9. The van der Waals surface area contributed by atoms with E-state index in [1.54, 1.807) is 0 Å². The lowest BCUT2D eigenvalue weighted by Crippen LogP contribution is -1.99. The fraction of sp³-hybridized carbons (Fsp3) is 0.429. The maximum absolute atomic E-state index is 8.79. The number of hydrogen-bond donors (Lipinski definition) is 2. The molecule has 0 bridgehead atoms. The van der Waals surface area contributed by atoms with Crippen molar-refractivity contribution < 1.29 is 19.7 Å². The predicted octanol–water partition coefficient (Wildman–Crippen LogP) is 4.71. The second-order valence-electron chi connectivity index (χ2n) is 6.20. The van der Waals surface area contributed by atoms with Crippen LogP contribution in [0.4, 0.5) is 11.4 Å². The molecule has 0 aliphatic rings. The van der Waals surface area contributed by atoms with Crippen LogP contribution in [0, 0.1) is 6.92 Å². The zero-order valence-corrected chi connectivity index (χ0v) is 15.8. The summed E-state index contributed by atoms with van der Waals surface area (Å²) in [7, 11) is 0. The lowest BCUT2D eigenvalue weighted by atomic mass is 10.2. The predicted molar refractivity (Wildman–Crippen MR) is 105 cm³/mol. The Labute approximate surface area is 160 Å². The highest BCUT2D eigenvalue weighted by Crippen LogP contribution is 2.26. The van der Waals surface area contributed by atoms with Gasteiger partial charge in [0.2, 0.25) is 0 Å². The smallest absolute Gasteiger partial charge is 0.122 e. The summed E-state index contributed by atoms with van der Waals surface area (Å²) in [6, 6.07) is 13.1. The third kappa shape index (κ3) is 7.76. The summed E-state index contributed by atoms with van der Waals surface area (Å²) >= 11 is 0. The summed E-state index contributed by atoms with van der Waals surface area (Å²) in [6.45, 7) is 3.55. The van der Waals surface area contributed by atoms with E-state index in [1.807, 2.05) is 49.4 Å². The van der Waals surface area contributed by atoms with Crippen LogP contribution in [0.3, 0.4) is 0 Å². The molecule has 0 amide bonds. The number of nitrogens with zero attached hydrogens (tertiary/aromatic N) is 2. The van der Waals surface area contributed by atoms with Crippen LogP contribution < -0.4 is 9.47 Å². The average molecular weight is 372 g/mol. The Morgan fingerprint density at radius 1 is 0.741 bits per heavy atom. The number of aliphatic hydroxyl groups is 2. The lowest BCUT2D eigenvalue weighted by molar-refractivity contribution is 0.252. The third-order valence-electron chi connectivity index (χ3n) is 3.91. The fourth-order valence-electron chi connectivity index (χ4n) is 2.38. The molecule has 6 nitrogen and oxygen atoms in total. The number of rotatable bonds is 12. The van der Waals surface area contributed by atoms with Crippen LogP contribution in [0.5, 0.6) is 11.5 Å². The molecule has 2 rings (SSSR count). The van der Waals surface area contributed by atoms with Crippen LogP contribution in [-0.4, -0.2) is 36.6 Å². The molecule has 27 heavy (non-hydrogen) atoms. The quantitative estimate of drug-likeness (QED) is 0.417. The van der Waals surface area contributed by atoms with Crippen molar-refractivity contribution in [1.29, 1.82) is 0 Å². The third-order valence-corrected chi connectivity index (χ3v) is 3.91. The Kier molecular flexibility index (Phi) is 9.30. The maximum Gasteiger partial charge on any atom is 0.122 e. The summed E-state index contributed by atoms with van der Waals surface area (Å²) in [5.74, 6) is 1.61. The lowest BCUT2D eigenvalue weighted by Gasteiger charge is -2.09. The minimum absolute atomic E-state index is 0.193. The zero-order valence-electron chi connectivity index (χ0n) is 15.8. The first-order valence-corrected chi connectivity index (χ1v) is 9.32. The topological polar surface area (TPSA) is 83.6 Å². The normalized spacial score (nSPS) is 11.1. The van der Waals surface area contributed by atoms with Crippen molar-refractivity contribution in [3.63, 3.8) is 0 Å². The summed E-state index contributed by atoms with van der Waals surface area (Å²) < 4.78 is 11.3. The first-order chi connectivity index (χ1) is 13.2. The molecule has 0 saturated carbocycles. The van der Waals surface area contributed by atoms with Crippen LogP contribution in [0.15, 0.2) is 52.7 Å². The average Bonchev–Trinajstić information content (AvgIpc) is 2.69. The van der Waals surface area contributed by atoms with Crippen LogP contribution >= 0.6 is 0 Å². The molecule has 0 heterocycles. The van der Waals surface area contributed by atoms with Gasteiger partial charge in [-0.15, -0.1) is 0 Å². The van der Waals surface area contributed by atoms with Crippen LogP contribution in [0.25, 0.3) is 0 Å². The van der Waals surface area contributed by atoms with Crippen molar-refractivity contribution in [1.82, 2.24) is 0 Å². The monoisotopic (exact) mass is 372 g/mol. The van der Waals surface area contributed by atoms with Gasteiger partial charge < -0.3 is 19.7 Å². The second kappa shape index (κ2) is 12.0. The molecule has 0 atom stereocenters. The summed E-state index contributed by atoms with van der Waals surface area (Å²) in [5, 5.41) is 26.1. The summed E-state index contributed by atoms with van der Waals surface area (Å²) in [4.78, 5) is 0. The van der Waals surface area contributed by atoms with Gasteiger partial charge in [-0.05, 0) is 80.6 Å². The summed E-state index contributed by atoms with van der Waals surface area (Å²) in [6.07, 6.45) is 3.16. The molecule has 0 spiro atoms. The van der Waals surface area contributed by atoms with Crippen molar-refractivity contribution in [2.75, 3.05) is 26.4 Å². The number of hydrogen-bond acceptors (Lipinski definition) is 6. The van der Waals surface area contributed by atoms with E-state index in [1.165, 1.54) is 0 Å². The molecule has 0 saturated heterocycles. The largest absolute Gasteiger partial charge is 0.494 e. The Morgan fingerprint density at radius 2 is 1.33 bits per heavy atom. The van der Waals surface area contributed by atoms with Crippen molar-refractivity contribution >= 4 is 11.4 Å². The van der Waals surface area contributed by atoms with Gasteiger partial charge >= 0.3 is 0 Å². The van der Waals surface area contributed by atoms with E-state index in [4.69, 9.17) is 19.7 Å². The van der Waals surface area contributed by atoms with Gasteiger partial charge in [-0.25, -0.2) is 0 Å². The number of benzene rings is 2. The van der Waals surface area contributed by atoms with Gasteiger partial charge in [-0.2, -0.15) is 10.2 Å². The molecule has 0 fully saturated rings. The van der Waals surface area contributed by atoms with E-state index in [2.05, 4.69) is 10.2 Å².